The van der Waals surface area contributed by atoms with Crippen LogP contribution in [0.5, 0.6) is 0 Å². The van der Waals surface area contributed by atoms with Gasteiger partial charge in [-0.2, -0.15) is 0 Å². The van der Waals surface area contributed by atoms with Gasteiger partial charge < -0.3 is 9.64 Å². The van der Waals surface area contributed by atoms with E-state index in [2.05, 4.69) is 0 Å². The van der Waals surface area contributed by atoms with Crippen molar-refractivity contribution in [3.8, 4) is 0 Å². The summed E-state index contributed by atoms with van der Waals surface area (Å²) in [6.45, 7) is 0.813. The quantitative estimate of drug-likeness (QED) is 0.532. The Bertz CT molecular complexity index is 968. The van der Waals surface area contributed by atoms with Crippen molar-refractivity contribution in [3.05, 3.63) is 63.6 Å². The van der Waals surface area contributed by atoms with Crippen LogP contribution in [0.4, 0.5) is 5.69 Å². The first-order valence-corrected chi connectivity index (χ1v) is 9.33. The van der Waals surface area contributed by atoms with Gasteiger partial charge in [0.2, 0.25) is 0 Å². The number of carbonyl (C=O) groups excluding carboxylic acids is 4. The molecule has 29 heavy (non-hydrogen) atoms. The molecule has 0 bridgehead atoms. The maximum atomic E-state index is 12.6. The molecule has 1 aliphatic heterocycles. The molecular formula is C20H16Cl2N2O5. The fourth-order valence-corrected chi connectivity index (χ4v) is 3.18. The molecule has 0 saturated carbocycles. The third-order valence-electron chi connectivity index (χ3n) is 4.54. The fraction of sp³-hybridized carbons (Fsp3) is 0.200. The molecule has 1 aliphatic rings. The van der Waals surface area contributed by atoms with Crippen LogP contribution in [0.2, 0.25) is 10.0 Å². The highest BCUT2D eigenvalue weighted by molar-refractivity contribution is 6.43. The molecule has 0 N–H and O–H groups in total. The maximum absolute atomic E-state index is 12.6. The summed E-state index contributed by atoms with van der Waals surface area (Å²) in [7, 11) is 1.55. The molecule has 2 aromatic rings. The lowest BCUT2D eigenvalue weighted by Gasteiger charge is -2.22. The van der Waals surface area contributed by atoms with Gasteiger partial charge in [0, 0.05) is 12.7 Å². The molecule has 150 valence electrons. The summed E-state index contributed by atoms with van der Waals surface area (Å²) < 4.78 is 5.04. The summed E-state index contributed by atoms with van der Waals surface area (Å²) in [5.41, 5.74) is 0.753. The molecule has 0 radical (unpaired) electrons. The number of nitrogens with zero attached hydrogens (tertiary/aromatic N) is 2. The van der Waals surface area contributed by atoms with Gasteiger partial charge in [0.1, 0.15) is 6.04 Å². The van der Waals surface area contributed by atoms with Crippen LogP contribution in [0.25, 0.3) is 0 Å². The first kappa shape index (κ1) is 20.8. The molecule has 0 fully saturated rings. The number of likely N-dealkylation sites (N-methyl/N-ethyl adjacent to an activating group) is 1. The summed E-state index contributed by atoms with van der Waals surface area (Å²) >= 11 is 11.8. The number of amides is 3. The van der Waals surface area contributed by atoms with Crippen LogP contribution in [0.3, 0.4) is 0 Å². The van der Waals surface area contributed by atoms with Gasteiger partial charge in [-0.1, -0.05) is 41.4 Å². The molecule has 3 amide bonds. The average molecular weight is 435 g/mol. The van der Waals surface area contributed by atoms with Gasteiger partial charge in [-0.3, -0.25) is 19.3 Å². The Morgan fingerprint density at radius 1 is 1.03 bits per heavy atom. The summed E-state index contributed by atoms with van der Waals surface area (Å²) in [4.78, 5) is 51.9. The molecule has 0 aromatic heterocycles. The van der Waals surface area contributed by atoms with Crippen molar-refractivity contribution >= 4 is 52.6 Å². The summed E-state index contributed by atoms with van der Waals surface area (Å²) in [5, 5.41) is 0.247. The van der Waals surface area contributed by atoms with Crippen molar-refractivity contribution in [2.45, 2.75) is 13.0 Å². The van der Waals surface area contributed by atoms with Gasteiger partial charge in [-0.25, -0.2) is 4.79 Å². The second-order valence-corrected chi connectivity index (χ2v) is 7.18. The van der Waals surface area contributed by atoms with Crippen LogP contribution in [0.1, 0.15) is 27.6 Å². The average Bonchev–Trinajstić information content (AvgIpc) is 2.95. The topological polar surface area (TPSA) is 84.0 Å². The SMILES string of the molecule is CC(C(=O)OCC(=O)N(C)c1ccccc1)N1C(=O)c2cc(Cl)c(Cl)cc2C1=O. The van der Waals surface area contributed by atoms with E-state index >= 15 is 0 Å². The molecule has 0 saturated heterocycles. The van der Waals surface area contributed by atoms with E-state index in [1.807, 2.05) is 6.07 Å². The number of esters is 1. The normalized spacial score (nSPS) is 13.9. The van der Waals surface area contributed by atoms with E-state index in [9.17, 15) is 19.2 Å². The molecule has 9 heteroatoms. The minimum absolute atomic E-state index is 0.0592. The maximum Gasteiger partial charge on any atom is 0.329 e. The van der Waals surface area contributed by atoms with Crippen LogP contribution in [0, 0.1) is 0 Å². The highest BCUT2D eigenvalue weighted by Gasteiger charge is 2.42. The third-order valence-corrected chi connectivity index (χ3v) is 5.26. The van der Waals surface area contributed by atoms with Gasteiger partial charge in [0.15, 0.2) is 6.61 Å². The molecular weight excluding hydrogens is 419 g/mol. The summed E-state index contributed by atoms with van der Waals surface area (Å²) in [6, 6.07) is 10.2. The Morgan fingerprint density at radius 3 is 2.07 bits per heavy atom. The van der Waals surface area contributed by atoms with E-state index in [0.29, 0.717) is 5.69 Å². The van der Waals surface area contributed by atoms with Crippen molar-refractivity contribution in [2.24, 2.45) is 0 Å². The Morgan fingerprint density at radius 2 is 1.55 bits per heavy atom. The van der Waals surface area contributed by atoms with E-state index in [1.165, 1.54) is 24.0 Å². The van der Waals surface area contributed by atoms with Crippen LogP contribution < -0.4 is 4.90 Å². The first-order valence-electron chi connectivity index (χ1n) is 8.57. The van der Waals surface area contributed by atoms with Crippen molar-refractivity contribution in [1.82, 2.24) is 4.90 Å². The van der Waals surface area contributed by atoms with Gasteiger partial charge in [0.05, 0.1) is 21.2 Å². The minimum atomic E-state index is -1.23. The molecule has 1 unspecified atom stereocenters. The number of imide groups is 1. The number of hydrogen-bond acceptors (Lipinski definition) is 5. The van der Waals surface area contributed by atoms with Crippen LogP contribution in [-0.2, 0) is 14.3 Å². The zero-order chi connectivity index (χ0) is 21.3. The summed E-state index contributed by atoms with van der Waals surface area (Å²) in [5.74, 6) is -2.70. The lowest BCUT2D eigenvalue weighted by atomic mass is 10.1. The highest BCUT2D eigenvalue weighted by Crippen LogP contribution is 2.32. The van der Waals surface area contributed by atoms with Crippen LogP contribution in [0.15, 0.2) is 42.5 Å². The highest BCUT2D eigenvalue weighted by atomic mass is 35.5. The van der Waals surface area contributed by atoms with Crippen LogP contribution in [-0.4, -0.2) is 48.3 Å². The summed E-state index contributed by atoms with van der Waals surface area (Å²) in [6.07, 6.45) is 0. The van der Waals surface area contributed by atoms with Crippen molar-refractivity contribution in [2.75, 3.05) is 18.6 Å². The number of rotatable bonds is 5. The molecule has 2 aromatic carbocycles. The Labute approximate surface area is 176 Å². The zero-order valence-electron chi connectivity index (χ0n) is 15.5. The van der Waals surface area contributed by atoms with Crippen molar-refractivity contribution in [3.63, 3.8) is 0 Å². The smallest absolute Gasteiger partial charge is 0.329 e. The number of carbonyl (C=O) groups is 4. The zero-order valence-corrected chi connectivity index (χ0v) is 17.0. The number of anilines is 1. The largest absolute Gasteiger partial charge is 0.454 e. The van der Waals surface area contributed by atoms with Gasteiger partial charge in [-0.05, 0) is 31.2 Å². The number of hydrogen-bond donors (Lipinski definition) is 0. The van der Waals surface area contributed by atoms with E-state index in [0.717, 1.165) is 4.90 Å². The fourth-order valence-electron chi connectivity index (χ4n) is 2.86. The van der Waals surface area contributed by atoms with Gasteiger partial charge in [-0.15, -0.1) is 0 Å². The lowest BCUT2D eigenvalue weighted by Crippen LogP contribution is -2.44. The first-order chi connectivity index (χ1) is 13.7. The monoisotopic (exact) mass is 434 g/mol. The van der Waals surface area contributed by atoms with Gasteiger partial charge in [0.25, 0.3) is 17.7 Å². The van der Waals surface area contributed by atoms with E-state index in [4.69, 9.17) is 27.9 Å². The number of fused-ring (bicyclic) bond motifs is 1. The van der Waals surface area contributed by atoms with Crippen molar-refractivity contribution in [1.29, 1.82) is 0 Å². The lowest BCUT2D eigenvalue weighted by molar-refractivity contribution is -0.151. The van der Waals surface area contributed by atoms with E-state index in [1.54, 1.807) is 31.3 Å². The standard InChI is InChI=1S/C20H16Cl2N2O5/c1-11(20(28)29-10-17(25)23(2)12-6-4-3-5-7-12)24-18(26)13-8-15(21)16(22)9-14(13)19(24)27/h3-9,11H,10H2,1-2H3. The second kappa shape index (κ2) is 8.23. The van der Waals surface area contributed by atoms with E-state index in [-0.39, 0.29) is 21.2 Å². The molecule has 3 rings (SSSR count). The molecule has 7 nitrogen and oxygen atoms in total. The Hall–Kier alpha value is -2.90. The van der Waals surface area contributed by atoms with Gasteiger partial charge >= 0.3 is 5.97 Å². The second-order valence-electron chi connectivity index (χ2n) is 6.36. The third kappa shape index (κ3) is 3.97. The van der Waals surface area contributed by atoms with E-state index < -0.39 is 36.3 Å². The molecule has 0 spiro atoms. The Kier molecular flexibility index (Phi) is 5.91. The molecule has 1 atom stereocenters. The number of benzene rings is 2. The number of halogens is 2. The Balaban J connectivity index is 1.67. The van der Waals surface area contributed by atoms with Crippen molar-refractivity contribution < 1.29 is 23.9 Å². The number of ether oxygens (including phenoxy) is 1. The predicted octanol–water partition coefficient (Wildman–Crippen LogP) is 3.18. The minimum Gasteiger partial charge on any atom is -0.454 e. The predicted molar refractivity (Wildman–Crippen MR) is 107 cm³/mol. The molecule has 0 aliphatic carbocycles. The molecule has 1 heterocycles. The van der Waals surface area contributed by atoms with Crippen LogP contribution >= 0.6 is 23.2 Å². The number of para-hydroxylation sites is 1.